The minimum Gasteiger partial charge on any atom is -0.481 e. The molecule has 2 heterocycles. The van der Waals surface area contributed by atoms with Crippen LogP contribution >= 0.6 is 0 Å². The molecule has 6 nitrogen and oxygen atoms in total. The maximum absolute atomic E-state index is 13.7. The largest absolute Gasteiger partial charge is 0.481 e. The number of aromatic nitrogens is 3. The number of benzene rings is 2. The van der Waals surface area contributed by atoms with Gasteiger partial charge in [-0.2, -0.15) is 0 Å². The standard InChI is InChI=1S/C25H27N3O3/c1-16-8-7-13-22-23(16)17(14-26(22)2)15-27-20-11-5-6-12-21(20)28(25(27)31)19-10-4-3-9-18(19)24(29)30/h5-8,11-14,18-19H,3-4,9-10,15H2,1-2H3,(H,29,30)/t18-,19-/m1/s1. The summed E-state index contributed by atoms with van der Waals surface area (Å²) >= 11 is 0. The number of carboxylic acids is 1. The minimum absolute atomic E-state index is 0.120. The van der Waals surface area contributed by atoms with Crippen molar-refractivity contribution in [2.75, 3.05) is 0 Å². The van der Waals surface area contributed by atoms with Crippen LogP contribution in [0, 0.1) is 12.8 Å². The van der Waals surface area contributed by atoms with Crippen molar-refractivity contribution >= 4 is 27.9 Å². The van der Waals surface area contributed by atoms with Crippen LogP contribution in [0.3, 0.4) is 0 Å². The smallest absolute Gasteiger partial charge is 0.329 e. The zero-order valence-electron chi connectivity index (χ0n) is 17.9. The summed E-state index contributed by atoms with van der Waals surface area (Å²) in [5, 5.41) is 11.0. The van der Waals surface area contributed by atoms with Gasteiger partial charge in [-0.1, -0.05) is 37.1 Å². The molecule has 5 rings (SSSR count). The molecule has 0 spiro atoms. The Hall–Kier alpha value is -3.28. The van der Waals surface area contributed by atoms with E-state index < -0.39 is 11.9 Å². The molecule has 2 aromatic heterocycles. The van der Waals surface area contributed by atoms with Crippen molar-refractivity contribution in [3.05, 3.63) is 70.3 Å². The molecule has 31 heavy (non-hydrogen) atoms. The molecule has 2 atom stereocenters. The number of nitrogens with zero attached hydrogens (tertiary/aromatic N) is 3. The maximum Gasteiger partial charge on any atom is 0.329 e. The van der Waals surface area contributed by atoms with E-state index in [9.17, 15) is 14.7 Å². The Morgan fingerprint density at radius 3 is 2.52 bits per heavy atom. The van der Waals surface area contributed by atoms with Crippen LogP contribution in [-0.2, 0) is 18.4 Å². The summed E-state index contributed by atoms with van der Waals surface area (Å²) in [5.74, 6) is -1.33. The van der Waals surface area contributed by atoms with Crippen LogP contribution in [0.4, 0.5) is 0 Å². The summed E-state index contributed by atoms with van der Waals surface area (Å²) in [4.78, 5) is 25.7. The fourth-order valence-electron chi connectivity index (χ4n) is 5.44. The molecule has 0 unspecified atom stereocenters. The molecule has 4 aromatic rings. The van der Waals surface area contributed by atoms with E-state index in [0.29, 0.717) is 13.0 Å². The predicted molar refractivity (Wildman–Crippen MR) is 122 cm³/mol. The summed E-state index contributed by atoms with van der Waals surface area (Å²) in [5.41, 5.74) is 4.98. The highest BCUT2D eigenvalue weighted by Gasteiger charge is 2.34. The SMILES string of the molecule is Cc1cccc2c1c(Cn1c(=O)n([C@@H]3CCCC[C@H]3C(=O)O)c3ccccc31)cn2C. The van der Waals surface area contributed by atoms with Crippen LogP contribution in [0.2, 0.25) is 0 Å². The number of rotatable bonds is 4. The first-order valence-corrected chi connectivity index (χ1v) is 10.9. The molecule has 1 N–H and O–H groups in total. The van der Waals surface area contributed by atoms with E-state index in [4.69, 9.17) is 0 Å². The Balaban J connectivity index is 1.69. The molecule has 0 bridgehead atoms. The predicted octanol–water partition coefficient (Wildman–Crippen LogP) is 4.47. The monoisotopic (exact) mass is 417 g/mol. The van der Waals surface area contributed by atoms with Gasteiger partial charge in [0.25, 0.3) is 0 Å². The lowest BCUT2D eigenvalue weighted by molar-refractivity contribution is -0.144. The highest BCUT2D eigenvalue weighted by Crippen LogP contribution is 2.35. The van der Waals surface area contributed by atoms with Crippen LogP contribution < -0.4 is 5.69 Å². The van der Waals surface area contributed by atoms with Gasteiger partial charge in [0.05, 0.1) is 29.5 Å². The van der Waals surface area contributed by atoms with Crippen LogP contribution in [0.25, 0.3) is 21.9 Å². The topological polar surface area (TPSA) is 69.2 Å². The fraction of sp³-hybridized carbons (Fsp3) is 0.360. The van der Waals surface area contributed by atoms with Crippen molar-refractivity contribution in [1.29, 1.82) is 0 Å². The van der Waals surface area contributed by atoms with E-state index in [1.807, 2.05) is 35.9 Å². The van der Waals surface area contributed by atoms with Crippen molar-refractivity contribution in [2.24, 2.45) is 13.0 Å². The van der Waals surface area contributed by atoms with E-state index in [1.54, 1.807) is 4.57 Å². The summed E-state index contributed by atoms with van der Waals surface area (Å²) < 4.78 is 5.67. The zero-order chi connectivity index (χ0) is 21.7. The van der Waals surface area contributed by atoms with Crippen molar-refractivity contribution in [3.8, 4) is 0 Å². The van der Waals surface area contributed by atoms with Crippen LogP contribution in [0.15, 0.2) is 53.5 Å². The number of imidazole rings is 1. The second-order valence-corrected chi connectivity index (χ2v) is 8.76. The minimum atomic E-state index is -0.807. The zero-order valence-corrected chi connectivity index (χ0v) is 17.9. The first-order valence-electron chi connectivity index (χ1n) is 10.9. The Bertz CT molecular complexity index is 1360. The molecule has 0 radical (unpaired) electrons. The molecule has 1 aliphatic rings. The molecule has 0 aliphatic heterocycles. The van der Waals surface area contributed by atoms with Crippen molar-refractivity contribution in [2.45, 2.75) is 45.2 Å². The van der Waals surface area contributed by atoms with E-state index in [0.717, 1.165) is 41.4 Å². The molecule has 2 aromatic carbocycles. The average Bonchev–Trinajstić information content (AvgIpc) is 3.23. The molecule has 160 valence electrons. The van der Waals surface area contributed by atoms with Crippen LogP contribution in [0.1, 0.15) is 42.9 Å². The van der Waals surface area contributed by atoms with Crippen LogP contribution in [0.5, 0.6) is 0 Å². The molecule has 1 fully saturated rings. The molecule has 0 saturated heterocycles. The summed E-state index contributed by atoms with van der Waals surface area (Å²) in [6, 6.07) is 13.7. The third-order valence-corrected chi connectivity index (χ3v) is 6.88. The number of carboxylic acid groups (broad SMARTS) is 1. The second-order valence-electron chi connectivity index (χ2n) is 8.76. The number of aryl methyl sites for hydroxylation is 2. The Kier molecular flexibility index (Phi) is 4.73. The van der Waals surface area contributed by atoms with E-state index in [2.05, 4.69) is 35.9 Å². The van der Waals surface area contributed by atoms with Gasteiger partial charge in [-0.3, -0.25) is 13.9 Å². The Morgan fingerprint density at radius 1 is 1.03 bits per heavy atom. The van der Waals surface area contributed by atoms with Gasteiger partial charge in [-0.25, -0.2) is 4.79 Å². The highest BCUT2D eigenvalue weighted by molar-refractivity contribution is 5.87. The number of hydrogen-bond acceptors (Lipinski definition) is 2. The van der Waals surface area contributed by atoms with E-state index in [-0.39, 0.29) is 11.7 Å². The van der Waals surface area contributed by atoms with Gasteiger partial charge in [0.2, 0.25) is 0 Å². The molecule has 1 aliphatic carbocycles. The van der Waals surface area contributed by atoms with Gasteiger partial charge < -0.3 is 9.67 Å². The van der Waals surface area contributed by atoms with Crippen LogP contribution in [-0.4, -0.2) is 24.8 Å². The Morgan fingerprint density at radius 2 is 1.74 bits per heavy atom. The lowest BCUT2D eigenvalue weighted by Gasteiger charge is -2.29. The quantitative estimate of drug-likeness (QED) is 0.533. The van der Waals surface area contributed by atoms with Gasteiger partial charge in [0.15, 0.2) is 0 Å². The fourth-order valence-corrected chi connectivity index (χ4v) is 5.44. The molecule has 1 saturated carbocycles. The average molecular weight is 418 g/mol. The van der Waals surface area contributed by atoms with Gasteiger partial charge in [-0.05, 0) is 49.1 Å². The first kappa shape index (κ1) is 19.7. The van der Waals surface area contributed by atoms with Crippen molar-refractivity contribution in [1.82, 2.24) is 13.7 Å². The van der Waals surface area contributed by atoms with Gasteiger partial charge in [0, 0.05) is 24.1 Å². The number of hydrogen-bond donors (Lipinski definition) is 1. The lowest BCUT2D eigenvalue weighted by Crippen LogP contribution is -2.36. The number of para-hydroxylation sites is 2. The molecule has 0 amide bonds. The van der Waals surface area contributed by atoms with Crippen molar-refractivity contribution in [3.63, 3.8) is 0 Å². The van der Waals surface area contributed by atoms with E-state index in [1.165, 1.54) is 10.9 Å². The molecular weight excluding hydrogens is 390 g/mol. The second kappa shape index (κ2) is 7.45. The van der Waals surface area contributed by atoms with Gasteiger partial charge >= 0.3 is 11.7 Å². The summed E-state index contributed by atoms with van der Waals surface area (Å²) in [6.07, 6.45) is 5.28. The molecular formula is C25H27N3O3. The number of aliphatic carboxylic acids is 1. The normalized spacial score (nSPS) is 19.3. The lowest BCUT2D eigenvalue weighted by atomic mass is 9.84. The summed E-state index contributed by atoms with van der Waals surface area (Å²) in [6.45, 7) is 2.55. The van der Waals surface area contributed by atoms with E-state index >= 15 is 0 Å². The first-order chi connectivity index (χ1) is 15.0. The van der Waals surface area contributed by atoms with Gasteiger partial charge in [-0.15, -0.1) is 0 Å². The Labute approximate surface area is 180 Å². The highest BCUT2D eigenvalue weighted by atomic mass is 16.4. The number of fused-ring (bicyclic) bond motifs is 2. The number of carbonyl (C=O) groups is 1. The maximum atomic E-state index is 13.7. The third-order valence-electron chi connectivity index (χ3n) is 6.88. The van der Waals surface area contributed by atoms with Crippen molar-refractivity contribution < 1.29 is 9.90 Å². The third kappa shape index (κ3) is 3.09. The molecule has 6 heteroatoms. The summed E-state index contributed by atoms with van der Waals surface area (Å²) in [7, 11) is 2.02. The van der Waals surface area contributed by atoms with Gasteiger partial charge in [0.1, 0.15) is 0 Å².